The van der Waals surface area contributed by atoms with E-state index in [0.717, 1.165) is 24.0 Å². The lowest BCUT2D eigenvalue weighted by Gasteiger charge is -2.37. The molecule has 3 atom stereocenters. The molecule has 1 aliphatic carbocycles. The number of likely N-dealkylation sites (N-methyl/N-ethyl adjacent to an activating group) is 1. The number of nitrogens with zero attached hydrogens (tertiary/aromatic N) is 4. The van der Waals surface area contributed by atoms with Crippen LogP contribution in [-0.2, 0) is 14.8 Å². The first-order chi connectivity index (χ1) is 16.2. The van der Waals surface area contributed by atoms with Gasteiger partial charge in [0, 0.05) is 49.9 Å². The predicted molar refractivity (Wildman–Crippen MR) is 126 cm³/mol. The predicted octanol–water partition coefficient (Wildman–Crippen LogP) is 2.17. The highest BCUT2D eigenvalue weighted by molar-refractivity contribution is 7.89. The van der Waals surface area contributed by atoms with Gasteiger partial charge in [-0.15, -0.1) is 0 Å². The molecule has 184 valence electrons. The summed E-state index contributed by atoms with van der Waals surface area (Å²) in [7, 11) is -2.16. The van der Waals surface area contributed by atoms with E-state index in [1.807, 2.05) is 6.92 Å². The number of rotatable bonds is 7. The lowest BCUT2D eigenvalue weighted by Crippen LogP contribution is -2.50. The Kier molecular flexibility index (Phi) is 7.20. The number of hydrogen-bond donors (Lipinski definition) is 1. The average Bonchev–Trinajstić information content (AvgIpc) is 3.65. The van der Waals surface area contributed by atoms with Crippen molar-refractivity contribution in [3.8, 4) is 16.9 Å². The summed E-state index contributed by atoms with van der Waals surface area (Å²) < 4.78 is 34.8. The maximum absolute atomic E-state index is 13.6. The van der Waals surface area contributed by atoms with Gasteiger partial charge >= 0.3 is 0 Å². The molecule has 0 bridgehead atoms. The van der Waals surface area contributed by atoms with Crippen LogP contribution in [0.25, 0.3) is 11.1 Å². The van der Waals surface area contributed by atoms with Gasteiger partial charge in [-0.3, -0.25) is 4.79 Å². The van der Waals surface area contributed by atoms with Crippen molar-refractivity contribution in [1.82, 2.24) is 19.2 Å². The molecule has 1 amide bonds. The van der Waals surface area contributed by atoms with Crippen molar-refractivity contribution in [3.63, 3.8) is 0 Å². The molecule has 1 aliphatic heterocycles. The molecule has 1 fully saturated rings. The molecule has 1 aromatic heterocycles. The Morgan fingerprint density at radius 2 is 1.97 bits per heavy atom. The minimum absolute atomic E-state index is 0.0391. The van der Waals surface area contributed by atoms with Crippen LogP contribution in [0, 0.1) is 11.8 Å². The number of amides is 1. The van der Waals surface area contributed by atoms with Crippen molar-refractivity contribution in [3.05, 3.63) is 36.9 Å². The Bertz CT molecular complexity index is 1120. The second-order valence-electron chi connectivity index (χ2n) is 9.45. The number of aliphatic hydroxyl groups is 1. The molecule has 0 spiro atoms. The zero-order valence-electron chi connectivity index (χ0n) is 19.8. The van der Waals surface area contributed by atoms with E-state index >= 15 is 0 Å². The van der Waals surface area contributed by atoms with Crippen LogP contribution in [0.1, 0.15) is 33.1 Å². The van der Waals surface area contributed by atoms with Gasteiger partial charge < -0.3 is 14.7 Å². The van der Waals surface area contributed by atoms with E-state index < -0.39 is 22.2 Å². The fourth-order valence-electron chi connectivity index (χ4n) is 4.17. The summed E-state index contributed by atoms with van der Waals surface area (Å²) in [4.78, 5) is 22.5. The summed E-state index contributed by atoms with van der Waals surface area (Å²) in [6.07, 6.45) is 7.03. The summed E-state index contributed by atoms with van der Waals surface area (Å²) in [5, 5.41) is 9.78. The maximum Gasteiger partial charge on any atom is 0.247 e. The fraction of sp³-hybridized carbons (Fsp3) is 0.542. The van der Waals surface area contributed by atoms with Gasteiger partial charge in [0.1, 0.15) is 23.1 Å². The van der Waals surface area contributed by atoms with Crippen LogP contribution in [0.2, 0.25) is 0 Å². The summed E-state index contributed by atoms with van der Waals surface area (Å²) in [6.45, 7) is 3.81. The van der Waals surface area contributed by atoms with Crippen molar-refractivity contribution in [1.29, 1.82) is 0 Å². The van der Waals surface area contributed by atoms with Crippen LogP contribution < -0.4 is 4.74 Å². The lowest BCUT2D eigenvalue weighted by atomic mass is 10.0. The topological polar surface area (TPSA) is 113 Å². The largest absolute Gasteiger partial charge is 0.487 e. The molecule has 1 N–H and O–H groups in total. The van der Waals surface area contributed by atoms with Gasteiger partial charge in [-0.1, -0.05) is 13.0 Å². The third kappa shape index (κ3) is 5.24. The van der Waals surface area contributed by atoms with Gasteiger partial charge in [-0.05, 0) is 43.4 Å². The molecule has 9 nitrogen and oxygen atoms in total. The van der Waals surface area contributed by atoms with E-state index in [4.69, 9.17) is 4.74 Å². The highest BCUT2D eigenvalue weighted by Crippen LogP contribution is 2.37. The minimum atomic E-state index is -3.93. The quantitative estimate of drug-likeness (QED) is 0.635. The molecule has 2 aliphatic rings. The zero-order valence-corrected chi connectivity index (χ0v) is 20.6. The molecule has 10 heteroatoms. The monoisotopic (exact) mass is 488 g/mol. The molecular formula is C24H32N4O5S. The maximum atomic E-state index is 13.6. The number of benzene rings is 1. The SMILES string of the molecule is C[C@H](CO)N1C[C@H](C)[C@@H](CN(C)C(=O)CC2CC2)Oc2cc(-c3cncnc3)ccc2S1(=O)=O. The minimum Gasteiger partial charge on any atom is -0.487 e. The number of aliphatic hydroxyl groups excluding tert-OH is 1. The van der Waals surface area contributed by atoms with E-state index in [2.05, 4.69) is 9.97 Å². The number of ether oxygens (including phenoxy) is 1. The standard InChI is InChI=1S/C24H32N4O5S/c1-16-12-28(17(2)14-29)34(31,32)23-7-6-19(20-10-25-15-26-11-20)9-21(23)33-22(16)13-27(3)24(30)8-18-4-5-18/h6-7,9-11,15-18,22,29H,4-5,8,12-14H2,1-3H3/t16-,17+,22+/m0/s1. The Hall–Kier alpha value is -2.56. The van der Waals surface area contributed by atoms with Crippen molar-refractivity contribution >= 4 is 15.9 Å². The van der Waals surface area contributed by atoms with Crippen LogP contribution >= 0.6 is 0 Å². The van der Waals surface area contributed by atoms with Gasteiger partial charge in [0.2, 0.25) is 15.9 Å². The van der Waals surface area contributed by atoms with Crippen molar-refractivity contribution < 1.29 is 23.1 Å². The molecule has 0 radical (unpaired) electrons. The Labute approximate surface area is 200 Å². The Morgan fingerprint density at radius 3 is 2.62 bits per heavy atom. The van der Waals surface area contributed by atoms with Crippen molar-refractivity contribution in [2.24, 2.45) is 11.8 Å². The zero-order chi connectivity index (χ0) is 24.5. The van der Waals surface area contributed by atoms with E-state index in [-0.39, 0.29) is 35.6 Å². The van der Waals surface area contributed by atoms with Crippen LogP contribution in [-0.4, -0.2) is 77.5 Å². The second kappa shape index (κ2) is 9.97. The van der Waals surface area contributed by atoms with Crippen LogP contribution in [0.3, 0.4) is 0 Å². The number of hydrogen-bond acceptors (Lipinski definition) is 7. The van der Waals surface area contributed by atoms with E-state index in [1.54, 1.807) is 43.4 Å². The molecule has 0 unspecified atom stereocenters. The molecule has 0 saturated heterocycles. The lowest BCUT2D eigenvalue weighted by molar-refractivity contribution is -0.131. The molecule has 1 saturated carbocycles. The highest BCUT2D eigenvalue weighted by atomic mass is 32.2. The molecule has 34 heavy (non-hydrogen) atoms. The Morgan fingerprint density at radius 1 is 1.26 bits per heavy atom. The number of fused-ring (bicyclic) bond motifs is 1. The van der Waals surface area contributed by atoms with Gasteiger partial charge in [-0.25, -0.2) is 18.4 Å². The first kappa shape index (κ1) is 24.6. The molecular weight excluding hydrogens is 456 g/mol. The third-order valence-corrected chi connectivity index (χ3v) is 8.62. The first-order valence-corrected chi connectivity index (χ1v) is 13.1. The summed E-state index contributed by atoms with van der Waals surface area (Å²) in [5.41, 5.74) is 1.46. The smallest absolute Gasteiger partial charge is 0.247 e. The van der Waals surface area contributed by atoms with Gasteiger partial charge in [0.15, 0.2) is 0 Å². The summed E-state index contributed by atoms with van der Waals surface area (Å²) in [5.74, 6) is 0.546. The fourth-order valence-corrected chi connectivity index (χ4v) is 5.99. The van der Waals surface area contributed by atoms with Gasteiger partial charge in [0.25, 0.3) is 0 Å². The average molecular weight is 489 g/mol. The van der Waals surface area contributed by atoms with Crippen LogP contribution in [0.15, 0.2) is 41.8 Å². The van der Waals surface area contributed by atoms with E-state index in [9.17, 15) is 18.3 Å². The normalized spacial score (nSPS) is 23.2. The van der Waals surface area contributed by atoms with E-state index in [1.165, 1.54) is 16.7 Å². The number of carbonyl (C=O) groups is 1. The number of sulfonamides is 1. The molecule has 1 aromatic carbocycles. The highest BCUT2D eigenvalue weighted by Gasteiger charge is 2.38. The molecule has 2 aromatic rings. The molecule has 4 rings (SSSR count). The Balaban J connectivity index is 1.72. The third-order valence-electron chi connectivity index (χ3n) is 6.60. The molecule has 2 heterocycles. The van der Waals surface area contributed by atoms with Crippen molar-refractivity contribution in [2.75, 3.05) is 26.7 Å². The number of aromatic nitrogens is 2. The van der Waals surface area contributed by atoms with Crippen LogP contribution in [0.5, 0.6) is 5.75 Å². The van der Waals surface area contributed by atoms with Gasteiger partial charge in [0.05, 0.1) is 13.2 Å². The first-order valence-electron chi connectivity index (χ1n) is 11.6. The van der Waals surface area contributed by atoms with Crippen LogP contribution in [0.4, 0.5) is 0 Å². The summed E-state index contributed by atoms with van der Waals surface area (Å²) in [6, 6.07) is 4.31. The van der Waals surface area contributed by atoms with Crippen molar-refractivity contribution in [2.45, 2.75) is 50.2 Å². The number of carbonyl (C=O) groups excluding carboxylic acids is 1. The second-order valence-corrected chi connectivity index (χ2v) is 11.3. The summed E-state index contributed by atoms with van der Waals surface area (Å²) >= 11 is 0. The van der Waals surface area contributed by atoms with E-state index in [0.29, 0.717) is 18.9 Å². The van der Waals surface area contributed by atoms with Gasteiger partial charge in [-0.2, -0.15) is 4.31 Å².